The van der Waals surface area contributed by atoms with E-state index < -0.39 is 6.10 Å². The lowest BCUT2D eigenvalue weighted by Crippen LogP contribution is -2.35. The molecule has 2 heterocycles. The van der Waals surface area contributed by atoms with Gasteiger partial charge in [0.15, 0.2) is 0 Å². The zero-order chi connectivity index (χ0) is 16.1. The molecule has 0 aliphatic heterocycles. The monoisotopic (exact) mass is 319 g/mol. The van der Waals surface area contributed by atoms with Crippen LogP contribution in [-0.2, 0) is 11.2 Å². The molecule has 1 atom stereocenters. The van der Waals surface area contributed by atoms with Crippen LogP contribution in [0.25, 0.3) is 11.4 Å². The second kappa shape index (κ2) is 7.41. The lowest BCUT2D eigenvalue weighted by Gasteiger charge is -2.17. The molecule has 0 spiro atoms. The number of hydrogen-bond donors (Lipinski definition) is 2. The number of carbonyl (C=O) groups is 1. The van der Waals surface area contributed by atoms with Crippen molar-refractivity contribution < 1.29 is 18.8 Å². The highest BCUT2D eigenvalue weighted by molar-refractivity contribution is 5.76. The van der Waals surface area contributed by atoms with Gasteiger partial charge in [-0.2, -0.15) is 4.98 Å². The zero-order valence-electron chi connectivity index (χ0n) is 12.9. The summed E-state index contributed by atoms with van der Waals surface area (Å²) in [5, 5.41) is 16.6. The van der Waals surface area contributed by atoms with E-state index in [1.807, 2.05) is 0 Å². The maximum Gasteiger partial charge on any atom is 0.227 e. The normalized spacial score (nSPS) is 16.6. The minimum Gasteiger partial charge on any atom is -0.472 e. The third-order valence-corrected chi connectivity index (χ3v) is 4.27. The molecule has 0 aromatic carbocycles. The first-order valence-corrected chi connectivity index (χ1v) is 8.02. The number of nitrogens with one attached hydrogen (secondary N) is 1. The van der Waals surface area contributed by atoms with Gasteiger partial charge in [-0.15, -0.1) is 0 Å². The van der Waals surface area contributed by atoms with Crippen LogP contribution in [0.3, 0.4) is 0 Å². The van der Waals surface area contributed by atoms with E-state index in [1.165, 1.54) is 25.4 Å². The molecule has 1 unspecified atom stereocenters. The van der Waals surface area contributed by atoms with Gasteiger partial charge < -0.3 is 19.4 Å². The first-order valence-electron chi connectivity index (χ1n) is 8.02. The molecule has 23 heavy (non-hydrogen) atoms. The number of aliphatic hydroxyl groups is 1. The molecule has 1 fully saturated rings. The van der Waals surface area contributed by atoms with Crippen LogP contribution in [-0.4, -0.2) is 33.8 Å². The molecule has 1 aliphatic rings. The molecule has 0 bridgehead atoms. The summed E-state index contributed by atoms with van der Waals surface area (Å²) in [4.78, 5) is 16.1. The molecule has 7 heteroatoms. The van der Waals surface area contributed by atoms with Crippen LogP contribution >= 0.6 is 0 Å². The summed E-state index contributed by atoms with van der Waals surface area (Å²) in [6.45, 7) is 0.313. The fourth-order valence-electron chi connectivity index (χ4n) is 2.90. The van der Waals surface area contributed by atoms with Gasteiger partial charge in [0.25, 0.3) is 0 Å². The van der Waals surface area contributed by atoms with Crippen molar-refractivity contribution >= 4 is 5.91 Å². The minimum atomic E-state index is -0.447. The van der Waals surface area contributed by atoms with E-state index in [9.17, 15) is 9.90 Å². The highest BCUT2D eigenvalue weighted by atomic mass is 16.5. The number of rotatable bonds is 7. The van der Waals surface area contributed by atoms with Crippen molar-refractivity contribution in [1.29, 1.82) is 0 Å². The summed E-state index contributed by atoms with van der Waals surface area (Å²) in [5.41, 5.74) is 0.740. The zero-order valence-corrected chi connectivity index (χ0v) is 12.9. The van der Waals surface area contributed by atoms with Gasteiger partial charge >= 0.3 is 0 Å². The van der Waals surface area contributed by atoms with Gasteiger partial charge in [0.05, 0.1) is 17.9 Å². The number of furan rings is 1. The lowest BCUT2D eigenvalue weighted by molar-refractivity contribution is -0.121. The van der Waals surface area contributed by atoms with Crippen molar-refractivity contribution in [2.24, 2.45) is 5.92 Å². The summed E-state index contributed by atoms with van der Waals surface area (Å²) in [7, 11) is 0. The Morgan fingerprint density at radius 3 is 3.00 bits per heavy atom. The molecule has 3 rings (SSSR count). The number of amides is 1. The van der Waals surface area contributed by atoms with Gasteiger partial charge in [0, 0.05) is 19.4 Å². The molecule has 0 radical (unpaired) electrons. The molecule has 1 amide bonds. The maximum absolute atomic E-state index is 11.8. The Balaban J connectivity index is 1.40. The standard InChI is InChI=1S/C16H21N3O4/c20-13(11-3-1-2-4-11)9-17-14(21)5-6-15-18-16(19-23-15)12-7-8-22-10-12/h7-8,10-11,13,20H,1-6,9H2,(H,17,21). The summed E-state index contributed by atoms with van der Waals surface area (Å²) in [5.74, 6) is 1.06. The Morgan fingerprint density at radius 1 is 1.43 bits per heavy atom. The molecule has 2 aromatic rings. The number of carbonyl (C=O) groups excluding carboxylic acids is 1. The summed E-state index contributed by atoms with van der Waals surface area (Å²) in [6.07, 6.45) is 7.70. The molecule has 0 saturated heterocycles. The fourth-order valence-corrected chi connectivity index (χ4v) is 2.90. The Bertz CT molecular complexity index is 617. The predicted molar refractivity (Wildman–Crippen MR) is 81.3 cm³/mol. The van der Waals surface area contributed by atoms with Crippen LogP contribution in [0.2, 0.25) is 0 Å². The van der Waals surface area contributed by atoms with Crippen molar-refractivity contribution in [2.45, 2.75) is 44.6 Å². The van der Waals surface area contributed by atoms with E-state index in [0.29, 0.717) is 30.6 Å². The number of nitrogens with zero attached hydrogens (tertiary/aromatic N) is 2. The Morgan fingerprint density at radius 2 is 2.26 bits per heavy atom. The molecule has 7 nitrogen and oxygen atoms in total. The van der Waals surface area contributed by atoms with E-state index >= 15 is 0 Å². The number of aliphatic hydroxyl groups excluding tert-OH is 1. The Kier molecular flexibility index (Phi) is 5.07. The van der Waals surface area contributed by atoms with Gasteiger partial charge in [0.2, 0.25) is 17.6 Å². The third kappa shape index (κ3) is 4.19. The molecular formula is C16H21N3O4. The smallest absolute Gasteiger partial charge is 0.227 e. The topological polar surface area (TPSA) is 101 Å². The van der Waals surface area contributed by atoms with Crippen LogP contribution in [0.5, 0.6) is 0 Å². The van der Waals surface area contributed by atoms with Crippen LogP contribution in [0.15, 0.2) is 27.5 Å². The van der Waals surface area contributed by atoms with Crippen molar-refractivity contribution in [3.63, 3.8) is 0 Å². The second-order valence-electron chi connectivity index (χ2n) is 5.94. The van der Waals surface area contributed by atoms with Gasteiger partial charge in [-0.25, -0.2) is 0 Å². The molecule has 124 valence electrons. The van der Waals surface area contributed by atoms with Crippen LogP contribution in [0.4, 0.5) is 0 Å². The van der Waals surface area contributed by atoms with Gasteiger partial charge in [-0.3, -0.25) is 4.79 Å². The van der Waals surface area contributed by atoms with Crippen molar-refractivity contribution in [1.82, 2.24) is 15.5 Å². The van der Waals surface area contributed by atoms with E-state index in [0.717, 1.165) is 18.4 Å². The minimum absolute atomic E-state index is 0.120. The molecule has 1 saturated carbocycles. The number of aryl methyl sites for hydroxylation is 1. The Labute approximate surface area is 134 Å². The van der Waals surface area contributed by atoms with E-state index in [1.54, 1.807) is 6.07 Å². The van der Waals surface area contributed by atoms with E-state index in [-0.39, 0.29) is 12.3 Å². The maximum atomic E-state index is 11.8. The molecule has 1 aliphatic carbocycles. The highest BCUT2D eigenvalue weighted by Gasteiger charge is 2.23. The van der Waals surface area contributed by atoms with Crippen LogP contribution in [0.1, 0.15) is 38.0 Å². The van der Waals surface area contributed by atoms with Crippen molar-refractivity contribution in [3.8, 4) is 11.4 Å². The average Bonchev–Trinajstić information content (AvgIpc) is 3.32. The van der Waals surface area contributed by atoms with Crippen molar-refractivity contribution in [2.75, 3.05) is 6.54 Å². The quantitative estimate of drug-likeness (QED) is 0.808. The van der Waals surface area contributed by atoms with Crippen LogP contribution in [0, 0.1) is 5.92 Å². The second-order valence-corrected chi connectivity index (χ2v) is 5.94. The van der Waals surface area contributed by atoms with Gasteiger partial charge in [-0.05, 0) is 24.8 Å². The summed E-state index contributed by atoms with van der Waals surface area (Å²) < 4.78 is 10.1. The van der Waals surface area contributed by atoms with Gasteiger partial charge in [-0.1, -0.05) is 18.0 Å². The predicted octanol–water partition coefficient (Wildman–Crippen LogP) is 1.93. The first kappa shape index (κ1) is 15.7. The van der Waals surface area contributed by atoms with Crippen molar-refractivity contribution in [3.05, 3.63) is 24.5 Å². The number of aromatic nitrogens is 2. The highest BCUT2D eigenvalue weighted by Crippen LogP contribution is 2.27. The van der Waals surface area contributed by atoms with E-state index in [4.69, 9.17) is 8.94 Å². The molecule has 2 aromatic heterocycles. The van der Waals surface area contributed by atoms with Gasteiger partial charge in [0.1, 0.15) is 6.26 Å². The third-order valence-electron chi connectivity index (χ3n) is 4.27. The Hall–Kier alpha value is -2.15. The SMILES string of the molecule is O=C(CCc1nc(-c2ccoc2)no1)NCC(O)C1CCCC1. The van der Waals surface area contributed by atoms with E-state index in [2.05, 4.69) is 15.5 Å². The lowest BCUT2D eigenvalue weighted by atomic mass is 10.0. The fraction of sp³-hybridized carbons (Fsp3) is 0.562. The first-order chi connectivity index (χ1) is 11.2. The largest absolute Gasteiger partial charge is 0.472 e. The average molecular weight is 319 g/mol. The molecular weight excluding hydrogens is 298 g/mol. The molecule has 2 N–H and O–H groups in total. The summed E-state index contributed by atoms with van der Waals surface area (Å²) in [6, 6.07) is 1.74. The summed E-state index contributed by atoms with van der Waals surface area (Å²) >= 11 is 0. The van der Waals surface area contributed by atoms with Crippen LogP contribution < -0.4 is 5.32 Å². The number of hydrogen-bond acceptors (Lipinski definition) is 6.